The molecule has 3 rings (SSSR count). The minimum Gasteiger partial charge on any atom is -0.467 e. The lowest BCUT2D eigenvalue weighted by Crippen LogP contribution is -2.43. The van der Waals surface area contributed by atoms with E-state index in [2.05, 4.69) is 24.1 Å². The predicted octanol–water partition coefficient (Wildman–Crippen LogP) is 1.72. The van der Waals surface area contributed by atoms with Gasteiger partial charge in [-0.15, -0.1) is 0 Å². The van der Waals surface area contributed by atoms with E-state index in [1.807, 2.05) is 12.1 Å². The van der Waals surface area contributed by atoms with Gasteiger partial charge in [-0.1, -0.05) is 13.8 Å². The number of likely N-dealkylation sites (tertiary alicyclic amines) is 2. The molecular formula is C19H29N3O3. The van der Waals surface area contributed by atoms with Gasteiger partial charge in [0.25, 0.3) is 0 Å². The molecule has 2 amide bonds. The van der Waals surface area contributed by atoms with E-state index >= 15 is 0 Å². The number of rotatable bonds is 6. The van der Waals surface area contributed by atoms with Gasteiger partial charge in [-0.05, 0) is 30.4 Å². The highest BCUT2D eigenvalue weighted by Crippen LogP contribution is 2.21. The zero-order chi connectivity index (χ0) is 17.8. The van der Waals surface area contributed by atoms with Crippen LogP contribution in [-0.4, -0.2) is 54.3 Å². The fourth-order valence-electron chi connectivity index (χ4n) is 4.15. The number of carbonyl (C=O) groups excluding carboxylic acids is 2. The second-order valence-corrected chi connectivity index (χ2v) is 7.75. The summed E-state index contributed by atoms with van der Waals surface area (Å²) in [5.74, 6) is 1.97. The first-order valence-corrected chi connectivity index (χ1v) is 9.31. The molecule has 0 radical (unpaired) electrons. The Morgan fingerprint density at radius 1 is 1.28 bits per heavy atom. The summed E-state index contributed by atoms with van der Waals surface area (Å²) < 4.78 is 5.29. The molecule has 1 aromatic rings. The van der Waals surface area contributed by atoms with Crippen molar-refractivity contribution >= 4 is 11.8 Å². The number of hydrogen-bond donors (Lipinski definition) is 1. The molecule has 0 saturated carbocycles. The Kier molecular flexibility index (Phi) is 5.78. The van der Waals surface area contributed by atoms with Gasteiger partial charge in [0.1, 0.15) is 5.76 Å². The van der Waals surface area contributed by atoms with Crippen LogP contribution >= 0.6 is 0 Å². The molecule has 0 spiro atoms. The lowest BCUT2D eigenvalue weighted by molar-refractivity contribution is -0.129. The molecule has 0 aromatic carbocycles. The Morgan fingerprint density at radius 2 is 2.04 bits per heavy atom. The molecule has 6 heteroatoms. The average Bonchev–Trinajstić information content (AvgIpc) is 3.17. The van der Waals surface area contributed by atoms with Gasteiger partial charge in [0, 0.05) is 39.1 Å². The first-order chi connectivity index (χ1) is 12.0. The third kappa shape index (κ3) is 4.84. The van der Waals surface area contributed by atoms with E-state index < -0.39 is 0 Å². The molecule has 2 fully saturated rings. The molecule has 138 valence electrons. The van der Waals surface area contributed by atoms with Gasteiger partial charge in [0.05, 0.1) is 18.7 Å². The van der Waals surface area contributed by atoms with Crippen LogP contribution in [0, 0.1) is 17.8 Å². The highest BCUT2D eigenvalue weighted by molar-refractivity contribution is 5.89. The number of hydrogen-bond acceptors (Lipinski definition) is 4. The number of furan rings is 1. The van der Waals surface area contributed by atoms with Crippen LogP contribution in [0.3, 0.4) is 0 Å². The summed E-state index contributed by atoms with van der Waals surface area (Å²) in [6, 6.07) is 3.66. The summed E-state index contributed by atoms with van der Waals surface area (Å²) in [5.41, 5.74) is 0. The minimum absolute atomic E-state index is 0.00611. The van der Waals surface area contributed by atoms with Crippen LogP contribution in [0.4, 0.5) is 0 Å². The zero-order valence-electron chi connectivity index (χ0n) is 15.2. The van der Waals surface area contributed by atoms with Crippen LogP contribution in [0.15, 0.2) is 22.8 Å². The van der Waals surface area contributed by atoms with E-state index in [4.69, 9.17) is 4.42 Å². The zero-order valence-corrected chi connectivity index (χ0v) is 15.2. The number of nitrogens with one attached hydrogen (secondary N) is 1. The van der Waals surface area contributed by atoms with Crippen molar-refractivity contribution in [3.8, 4) is 0 Å². The summed E-state index contributed by atoms with van der Waals surface area (Å²) >= 11 is 0. The van der Waals surface area contributed by atoms with Gasteiger partial charge >= 0.3 is 0 Å². The minimum atomic E-state index is -0.248. The van der Waals surface area contributed by atoms with E-state index in [1.54, 1.807) is 11.2 Å². The number of amides is 2. The Hall–Kier alpha value is -1.82. The van der Waals surface area contributed by atoms with Gasteiger partial charge in [-0.3, -0.25) is 9.59 Å². The molecule has 3 heterocycles. The Bertz CT molecular complexity index is 577. The summed E-state index contributed by atoms with van der Waals surface area (Å²) in [5, 5.41) is 3.02. The maximum atomic E-state index is 12.4. The third-order valence-corrected chi connectivity index (χ3v) is 5.18. The molecular weight excluding hydrogens is 318 g/mol. The van der Waals surface area contributed by atoms with Crippen molar-refractivity contribution in [3.63, 3.8) is 0 Å². The third-order valence-electron chi connectivity index (χ3n) is 5.18. The molecule has 25 heavy (non-hydrogen) atoms. The molecule has 0 bridgehead atoms. The second-order valence-electron chi connectivity index (χ2n) is 7.75. The number of piperidine rings is 1. The second kappa shape index (κ2) is 8.04. The van der Waals surface area contributed by atoms with Gasteiger partial charge in [-0.25, -0.2) is 0 Å². The summed E-state index contributed by atoms with van der Waals surface area (Å²) in [7, 11) is 0. The van der Waals surface area contributed by atoms with E-state index in [9.17, 15) is 9.59 Å². The maximum absolute atomic E-state index is 12.4. The van der Waals surface area contributed by atoms with Gasteiger partial charge in [-0.2, -0.15) is 0 Å². The number of carbonyl (C=O) groups is 2. The largest absolute Gasteiger partial charge is 0.467 e. The Morgan fingerprint density at radius 3 is 2.72 bits per heavy atom. The van der Waals surface area contributed by atoms with E-state index in [0.717, 1.165) is 37.2 Å². The van der Waals surface area contributed by atoms with E-state index in [1.165, 1.54) is 6.42 Å². The van der Waals surface area contributed by atoms with E-state index in [0.29, 0.717) is 26.1 Å². The molecule has 2 aliphatic rings. The fraction of sp³-hybridized carbons (Fsp3) is 0.684. The van der Waals surface area contributed by atoms with Crippen LogP contribution in [0.1, 0.15) is 32.4 Å². The molecule has 1 N–H and O–H groups in total. The van der Waals surface area contributed by atoms with Crippen molar-refractivity contribution in [1.82, 2.24) is 15.1 Å². The smallest absolute Gasteiger partial charge is 0.225 e. The lowest BCUT2D eigenvalue weighted by atomic mass is 9.92. The molecule has 0 aliphatic carbocycles. The molecule has 1 aromatic heterocycles. The van der Waals surface area contributed by atoms with Crippen molar-refractivity contribution in [2.24, 2.45) is 17.8 Å². The van der Waals surface area contributed by atoms with Crippen LogP contribution in [0.5, 0.6) is 0 Å². The maximum Gasteiger partial charge on any atom is 0.225 e. The van der Waals surface area contributed by atoms with Crippen LogP contribution < -0.4 is 5.32 Å². The molecule has 6 nitrogen and oxygen atoms in total. The summed E-state index contributed by atoms with van der Waals surface area (Å²) in [4.78, 5) is 28.6. The summed E-state index contributed by atoms with van der Waals surface area (Å²) in [6.07, 6.45) is 3.19. The first kappa shape index (κ1) is 18.0. The lowest BCUT2D eigenvalue weighted by Gasteiger charge is -2.34. The monoisotopic (exact) mass is 347 g/mol. The van der Waals surface area contributed by atoms with Crippen LogP contribution in [0.2, 0.25) is 0 Å². The normalized spacial score (nSPS) is 27.7. The molecule has 3 atom stereocenters. The van der Waals surface area contributed by atoms with Crippen molar-refractivity contribution in [3.05, 3.63) is 24.2 Å². The molecule has 2 aliphatic heterocycles. The standard InChI is InChI=1S/C19H29N3O3/c1-14-8-15(2)11-21(10-14)6-5-20-19(24)16-9-18(23)22(12-16)13-17-4-3-7-25-17/h3-4,7,14-16H,5-6,8-13H2,1-2H3,(H,20,24)/t14-,15+,16-/m0/s1. The highest BCUT2D eigenvalue weighted by Gasteiger charge is 2.34. The van der Waals surface area contributed by atoms with Crippen molar-refractivity contribution in [2.75, 3.05) is 32.7 Å². The van der Waals surface area contributed by atoms with Gasteiger partial charge in [0.15, 0.2) is 0 Å². The average molecular weight is 347 g/mol. The van der Waals surface area contributed by atoms with Crippen LogP contribution in [-0.2, 0) is 16.1 Å². The summed E-state index contributed by atoms with van der Waals surface area (Å²) in [6.45, 7) is 9.26. The van der Waals surface area contributed by atoms with Gasteiger partial charge < -0.3 is 19.5 Å². The Balaban J connectivity index is 1.40. The molecule has 2 saturated heterocycles. The van der Waals surface area contributed by atoms with Crippen molar-refractivity contribution in [1.29, 1.82) is 0 Å². The SMILES string of the molecule is C[C@@H]1C[C@H](C)CN(CCNC(=O)[C@H]2CC(=O)N(Cc3ccco3)C2)C1. The predicted molar refractivity (Wildman–Crippen MR) is 94.6 cm³/mol. The topological polar surface area (TPSA) is 65.8 Å². The van der Waals surface area contributed by atoms with E-state index in [-0.39, 0.29) is 17.7 Å². The van der Waals surface area contributed by atoms with Gasteiger partial charge in [0.2, 0.25) is 11.8 Å². The first-order valence-electron chi connectivity index (χ1n) is 9.31. The molecule has 0 unspecified atom stereocenters. The van der Waals surface area contributed by atoms with Crippen molar-refractivity contribution < 1.29 is 14.0 Å². The van der Waals surface area contributed by atoms with Crippen molar-refractivity contribution in [2.45, 2.75) is 33.2 Å². The fourth-order valence-corrected chi connectivity index (χ4v) is 4.15. The Labute approximate surface area is 149 Å². The highest BCUT2D eigenvalue weighted by atomic mass is 16.3. The number of nitrogens with zero attached hydrogens (tertiary/aromatic N) is 2. The van der Waals surface area contributed by atoms with Crippen LogP contribution in [0.25, 0.3) is 0 Å². The quantitative estimate of drug-likeness (QED) is 0.851.